The molecule has 0 aliphatic carbocycles. The smallest absolute Gasteiger partial charge is 0.244 e. The summed E-state index contributed by atoms with van der Waals surface area (Å²) in [6.07, 6.45) is 1.11. The third kappa shape index (κ3) is 3.13. The van der Waals surface area contributed by atoms with Crippen molar-refractivity contribution in [3.05, 3.63) is 18.3 Å². The molecule has 0 radical (unpaired) electrons. The number of nitrogens with zero attached hydrogens (tertiary/aromatic N) is 3. The maximum absolute atomic E-state index is 12.9. The lowest BCUT2D eigenvalue weighted by atomic mass is 10.2. The lowest BCUT2D eigenvalue weighted by molar-refractivity contribution is -0.135. The van der Waals surface area contributed by atoms with Crippen molar-refractivity contribution < 1.29 is 13.9 Å². The molecule has 1 fully saturated rings. The van der Waals surface area contributed by atoms with Gasteiger partial charge in [0.2, 0.25) is 11.9 Å². The van der Waals surface area contributed by atoms with E-state index >= 15 is 0 Å². The first-order valence-electron chi connectivity index (χ1n) is 5.77. The second-order valence-corrected chi connectivity index (χ2v) is 4.03. The molecule has 7 heteroatoms. The first-order valence-corrected chi connectivity index (χ1v) is 5.77. The molecule has 1 unspecified atom stereocenters. The van der Waals surface area contributed by atoms with E-state index in [1.165, 1.54) is 0 Å². The number of morpholine rings is 1. The van der Waals surface area contributed by atoms with Gasteiger partial charge in [0.15, 0.2) is 0 Å². The van der Waals surface area contributed by atoms with E-state index in [1.54, 1.807) is 11.8 Å². The van der Waals surface area contributed by atoms with Crippen LogP contribution >= 0.6 is 0 Å². The number of carbonyl (C=O) groups excluding carboxylic acids is 1. The number of amides is 1. The van der Waals surface area contributed by atoms with Crippen LogP contribution in [-0.4, -0.2) is 53.1 Å². The number of hydrogen-bond donors (Lipinski definition) is 1. The average molecular weight is 254 g/mol. The van der Waals surface area contributed by atoms with Crippen LogP contribution in [-0.2, 0) is 9.53 Å². The van der Waals surface area contributed by atoms with Crippen LogP contribution in [0.3, 0.4) is 0 Å². The Morgan fingerprint density at radius 3 is 2.89 bits per heavy atom. The van der Waals surface area contributed by atoms with E-state index in [4.69, 9.17) is 4.74 Å². The number of rotatable bonds is 3. The predicted molar refractivity (Wildman–Crippen MR) is 62.5 cm³/mol. The molecule has 1 aliphatic rings. The van der Waals surface area contributed by atoms with Crippen LogP contribution in [0.15, 0.2) is 12.4 Å². The molecule has 0 bridgehead atoms. The van der Waals surface area contributed by atoms with Crippen LogP contribution in [0.25, 0.3) is 0 Å². The molecule has 1 amide bonds. The van der Waals surface area contributed by atoms with Crippen LogP contribution < -0.4 is 5.32 Å². The van der Waals surface area contributed by atoms with Crippen LogP contribution in [0.5, 0.6) is 0 Å². The molecule has 1 saturated heterocycles. The maximum atomic E-state index is 12.9. The zero-order chi connectivity index (χ0) is 13.0. The van der Waals surface area contributed by atoms with Crippen LogP contribution in [0.1, 0.15) is 6.92 Å². The fourth-order valence-corrected chi connectivity index (χ4v) is 1.75. The SMILES string of the molecule is CC(Nc1cc(F)ncn1)C(=O)N1CCOCC1. The number of nitrogens with one attached hydrogen (secondary N) is 1. The Labute approximate surface area is 104 Å². The Balaban J connectivity index is 1.94. The van der Waals surface area contributed by atoms with E-state index < -0.39 is 12.0 Å². The largest absolute Gasteiger partial charge is 0.378 e. The first kappa shape index (κ1) is 12.7. The summed E-state index contributed by atoms with van der Waals surface area (Å²) in [6, 6.07) is 0.695. The highest BCUT2D eigenvalue weighted by atomic mass is 19.1. The van der Waals surface area contributed by atoms with Gasteiger partial charge >= 0.3 is 0 Å². The molecule has 98 valence electrons. The monoisotopic (exact) mass is 254 g/mol. The quantitative estimate of drug-likeness (QED) is 0.784. The molecule has 2 rings (SSSR count). The zero-order valence-electron chi connectivity index (χ0n) is 10.1. The first-order chi connectivity index (χ1) is 8.66. The second kappa shape index (κ2) is 5.72. The summed E-state index contributed by atoms with van der Waals surface area (Å²) in [5.41, 5.74) is 0. The molecule has 1 aromatic heterocycles. The van der Waals surface area contributed by atoms with Gasteiger partial charge in [0.25, 0.3) is 0 Å². The minimum absolute atomic E-state index is 0.0441. The van der Waals surface area contributed by atoms with Gasteiger partial charge in [-0.2, -0.15) is 4.39 Å². The van der Waals surface area contributed by atoms with E-state index in [-0.39, 0.29) is 5.91 Å². The van der Waals surface area contributed by atoms with Crippen LogP contribution in [0.4, 0.5) is 10.2 Å². The summed E-state index contributed by atoms with van der Waals surface area (Å²) in [6.45, 7) is 4.00. The Kier molecular flexibility index (Phi) is 4.03. The van der Waals surface area contributed by atoms with Gasteiger partial charge in [-0.05, 0) is 6.92 Å². The summed E-state index contributed by atoms with van der Waals surface area (Å²) in [4.78, 5) is 21.0. The summed E-state index contributed by atoms with van der Waals surface area (Å²) >= 11 is 0. The van der Waals surface area contributed by atoms with E-state index in [1.807, 2.05) is 0 Å². The highest BCUT2D eigenvalue weighted by Crippen LogP contribution is 2.07. The minimum Gasteiger partial charge on any atom is -0.378 e. The van der Waals surface area contributed by atoms with E-state index in [9.17, 15) is 9.18 Å². The van der Waals surface area contributed by atoms with Gasteiger partial charge in [0, 0.05) is 19.2 Å². The lowest BCUT2D eigenvalue weighted by Gasteiger charge is -2.29. The van der Waals surface area contributed by atoms with Gasteiger partial charge in [-0.15, -0.1) is 0 Å². The van der Waals surface area contributed by atoms with E-state index in [0.29, 0.717) is 32.1 Å². The van der Waals surface area contributed by atoms with Gasteiger partial charge in [0.05, 0.1) is 13.2 Å². The third-order valence-corrected chi connectivity index (χ3v) is 2.69. The standard InChI is InChI=1S/C11H15FN4O2/c1-8(11(17)16-2-4-18-5-3-16)15-10-6-9(12)13-7-14-10/h6-8H,2-5H2,1H3,(H,13,14,15). The van der Waals surface area contributed by atoms with Gasteiger partial charge in [-0.25, -0.2) is 9.97 Å². The molecule has 1 aliphatic heterocycles. The number of halogens is 1. The van der Waals surface area contributed by atoms with Crippen LogP contribution in [0.2, 0.25) is 0 Å². The van der Waals surface area contributed by atoms with E-state index in [0.717, 1.165) is 12.4 Å². The Morgan fingerprint density at radius 2 is 2.22 bits per heavy atom. The van der Waals surface area contributed by atoms with Crippen molar-refractivity contribution in [2.45, 2.75) is 13.0 Å². The van der Waals surface area contributed by atoms with Crippen LogP contribution in [0, 0.1) is 5.95 Å². The van der Waals surface area contributed by atoms with Crippen molar-refractivity contribution in [2.75, 3.05) is 31.6 Å². The molecule has 0 aromatic carbocycles. The summed E-state index contributed by atoms with van der Waals surface area (Å²) in [5.74, 6) is -0.368. The molecular weight excluding hydrogens is 239 g/mol. The normalized spacial score (nSPS) is 17.3. The van der Waals surface area contributed by atoms with Gasteiger partial charge < -0.3 is 15.0 Å². The summed E-state index contributed by atoms with van der Waals surface area (Å²) in [7, 11) is 0. The number of hydrogen-bond acceptors (Lipinski definition) is 5. The van der Waals surface area contributed by atoms with Gasteiger partial charge in [0.1, 0.15) is 18.2 Å². The molecule has 1 N–H and O–H groups in total. The lowest BCUT2D eigenvalue weighted by Crippen LogP contribution is -2.47. The maximum Gasteiger partial charge on any atom is 0.244 e. The topological polar surface area (TPSA) is 67.4 Å². The van der Waals surface area contributed by atoms with Crippen molar-refractivity contribution in [3.63, 3.8) is 0 Å². The van der Waals surface area contributed by atoms with Crippen molar-refractivity contribution in [1.29, 1.82) is 0 Å². The number of ether oxygens (including phenoxy) is 1. The molecule has 18 heavy (non-hydrogen) atoms. The van der Waals surface area contributed by atoms with E-state index in [2.05, 4.69) is 15.3 Å². The molecule has 1 atom stereocenters. The Bertz CT molecular complexity index is 423. The number of anilines is 1. The Morgan fingerprint density at radius 1 is 1.50 bits per heavy atom. The number of carbonyl (C=O) groups is 1. The average Bonchev–Trinajstić information content (AvgIpc) is 2.39. The molecule has 6 nitrogen and oxygen atoms in total. The highest BCUT2D eigenvalue weighted by Gasteiger charge is 2.22. The van der Waals surface area contributed by atoms with Crippen molar-refractivity contribution in [3.8, 4) is 0 Å². The predicted octanol–water partition coefficient (Wildman–Crippen LogP) is 0.275. The van der Waals surface area contributed by atoms with Gasteiger partial charge in [-0.3, -0.25) is 4.79 Å². The second-order valence-electron chi connectivity index (χ2n) is 4.03. The van der Waals surface area contributed by atoms with Crippen molar-refractivity contribution in [2.24, 2.45) is 0 Å². The molecular formula is C11H15FN4O2. The molecule has 0 spiro atoms. The summed E-state index contributed by atoms with van der Waals surface area (Å²) < 4.78 is 18.0. The molecule has 0 saturated carbocycles. The van der Waals surface area contributed by atoms with Crippen molar-refractivity contribution >= 4 is 11.7 Å². The zero-order valence-corrected chi connectivity index (χ0v) is 10.1. The highest BCUT2D eigenvalue weighted by molar-refractivity contribution is 5.84. The van der Waals surface area contributed by atoms with Crippen molar-refractivity contribution in [1.82, 2.24) is 14.9 Å². The fraction of sp³-hybridized carbons (Fsp3) is 0.545. The minimum atomic E-state index is -0.626. The number of aromatic nitrogens is 2. The van der Waals surface area contributed by atoms with Gasteiger partial charge in [-0.1, -0.05) is 0 Å². The molecule has 2 heterocycles. The fourth-order valence-electron chi connectivity index (χ4n) is 1.75. The third-order valence-electron chi connectivity index (χ3n) is 2.69. The summed E-state index contributed by atoms with van der Waals surface area (Å²) in [5, 5.41) is 2.86. The molecule has 1 aromatic rings. The Hall–Kier alpha value is -1.76.